The number of carboxylic acid groups (broad SMARTS) is 1. The van der Waals surface area contributed by atoms with Crippen molar-refractivity contribution in [3.8, 4) is 0 Å². The van der Waals surface area contributed by atoms with Crippen LogP contribution < -0.4 is 0 Å². The first-order valence-electron chi connectivity index (χ1n) is 8.53. The maximum absolute atomic E-state index is 13.2. The predicted octanol–water partition coefficient (Wildman–Crippen LogP) is 3.00. The summed E-state index contributed by atoms with van der Waals surface area (Å²) in [6.07, 6.45) is -0.973. The SMILES string of the molecule is O=C(c1ccc(F)cc1Cl)N1CC[C@](Cc2ccccc2)(C(=O)O)[C@H](O)C1. The summed E-state index contributed by atoms with van der Waals surface area (Å²) < 4.78 is 13.2. The highest BCUT2D eigenvalue weighted by atomic mass is 35.5. The van der Waals surface area contributed by atoms with E-state index in [0.717, 1.165) is 17.7 Å². The number of hydrogen-bond donors (Lipinski definition) is 2. The van der Waals surface area contributed by atoms with Crippen molar-refractivity contribution in [2.75, 3.05) is 13.1 Å². The summed E-state index contributed by atoms with van der Waals surface area (Å²) in [6.45, 7) is 0.0222. The van der Waals surface area contributed by atoms with Crippen LogP contribution in [0, 0.1) is 11.2 Å². The number of carbonyl (C=O) groups is 2. The van der Waals surface area contributed by atoms with Gasteiger partial charge in [-0.3, -0.25) is 9.59 Å². The largest absolute Gasteiger partial charge is 0.481 e. The number of amides is 1. The van der Waals surface area contributed by atoms with Crippen LogP contribution in [0.15, 0.2) is 48.5 Å². The third-order valence-corrected chi connectivity index (χ3v) is 5.41. The number of rotatable bonds is 4. The molecule has 1 saturated heterocycles. The second-order valence-corrected chi connectivity index (χ2v) is 7.17. The highest BCUT2D eigenvalue weighted by molar-refractivity contribution is 6.33. The second-order valence-electron chi connectivity index (χ2n) is 6.76. The van der Waals surface area contributed by atoms with E-state index in [2.05, 4.69) is 0 Å². The molecular formula is C20H19ClFNO4. The number of likely N-dealkylation sites (tertiary alicyclic amines) is 1. The van der Waals surface area contributed by atoms with Crippen LogP contribution in [0.25, 0.3) is 0 Å². The number of carbonyl (C=O) groups excluding carboxylic acids is 1. The molecule has 2 N–H and O–H groups in total. The van der Waals surface area contributed by atoms with Crippen LogP contribution in [0.3, 0.4) is 0 Å². The van der Waals surface area contributed by atoms with E-state index in [4.69, 9.17) is 11.6 Å². The van der Waals surface area contributed by atoms with Gasteiger partial charge in [-0.1, -0.05) is 41.9 Å². The normalized spacial score (nSPS) is 22.5. The van der Waals surface area contributed by atoms with Gasteiger partial charge in [0.2, 0.25) is 0 Å². The quantitative estimate of drug-likeness (QED) is 0.839. The first kappa shape index (κ1) is 19.3. The zero-order chi connectivity index (χ0) is 19.6. The van der Waals surface area contributed by atoms with Crippen molar-refractivity contribution in [1.82, 2.24) is 4.90 Å². The molecule has 0 unspecified atom stereocenters. The zero-order valence-corrected chi connectivity index (χ0v) is 15.2. The molecule has 1 heterocycles. The molecule has 1 aliphatic heterocycles. The Morgan fingerprint density at radius 3 is 2.52 bits per heavy atom. The fourth-order valence-corrected chi connectivity index (χ4v) is 3.73. The van der Waals surface area contributed by atoms with Gasteiger partial charge >= 0.3 is 5.97 Å². The number of β-amino-alcohol motifs (C(OH)–C–C–N with tert-alkyl or cyclic N) is 1. The third-order valence-electron chi connectivity index (χ3n) is 5.10. The molecule has 1 aliphatic rings. The molecule has 2 aromatic rings. The monoisotopic (exact) mass is 391 g/mol. The lowest BCUT2D eigenvalue weighted by Crippen LogP contribution is -2.57. The molecule has 2 atom stereocenters. The Kier molecular flexibility index (Phi) is 5.48. The van der Waals surface area contributed by atoms with Gasteiger partial charge in [-0.05, 0) is 36.6 Å². The van der Waals surface area contributed by atoms with Crippen molar-refractivity contribution in [1.29, 1.82) is 0 Å². The Bertz CT molecular complexity index is 860. The molecule has 0 aromatic heterocycles. The number of aliphatic hydroxyl groups is 1. The molecule has 27 heavy (non-hydrogen) atoms. The smallest absolute Gasteiger partial charge is 0.312 e. The molecule has 1 amide bonds. The molecule has 5 nitrogen and oxygen atoms in total. The molecule has 3 rings (SSSR count). The van der Waals surface area contributed by atoms with Crippen molar-refractivity contribution >= 4 is 23.5 Å². The topological polar surface area (TPSA) is 77.8 Å². The van der Waals surface area contributed by atoms with Gasteiger partial charge in [-0.2, -0.15) is 0 Å². The number of piperidine rings is 1. The van der Waals surface area contributed by atoms with E-state index in [9.17, 15) is 24.2 Å². The van der Waals surface area contributed by atoms with Crippen LogP contribution >= 0.6 is 11.6 Å². The molecule has 2 aromatic carbocycles. The van der Waals surface area contributed by atoms with E-state index in [1.54, 1.807) is 0 Å². The highest BCUT2D eigenvalue weighted by Gasteiger charge is 2.49. The minimum absolute atomic E-state index is 0.0196. The van der Waals surface area contributed by atoms with Crippen LogP contribution in [-0.2, 0) is 11.2 Å². The van der Waals surface area contributed by atoms with Gasteiger partial charge in [0.05, 0.1) is 16.7 Å². The van der Waals surface area contributed by atoms with E-state index in [1.807, 2.05) is 30.3 Å². The van der Waals surface area contributed by atoms with Crippen molar-refractivity contribution in [3.05, 3.63) is 70.5 Å². The first-order valence-corrected chi connectivity index (χ1v) is 8.91. The number of aliphatic hydroxyl groups excluding tert-OH is 1. The lowest BCUT2D eigenvalue weighted by Gasteiger charge is -2.43. The lowest BCUT2D eigenvalue weighted by molar-refractivity contribution is -0.161. The molecule has 0 radical (unpaired) electrons. The fourth-order valence-electron chi connectivity index (χ4n) is 3.48. The molecular weight excluding hydrogens is 373 g/mol. The average Bonchev–Trinajstić information content (AvgIpc) is 2.63. The van der Waals surface area contributed by atoms with Crippen LogP contribution in [-0.4, -0.2) is 46.2 Å². The maximum atomic E-state index is 13.2. The highest BCUT2D eigenvalue weighted by Crippen LogP contribution is 2.36. The summed E-state index contributed by atoms with van der Waals surface area (Å²) in [5.74, 6) is -2.11. The van der Waals surface area contributed by atoms with E-state index in [0.29, 0.717) is 0 Å². The molecule has 1 fully saturated rings. The van der Waals surface area contributed by atoms with Crippen LogP contribution in [0.2, 0.25) is 5.02 Å². The Morgan fingerprint density at radius 2 is 1.93 bits per heavy atom. The van der Waals surface area contributed by atoms with Gasteiger partial charge in [-0.25, -0.2) is 4.39 Å². The maximum Gasteiger partial charge on any atom is 0.312 e. The molecule has 0 saturated carbocycles. The molecule has 0 bridgehead atoms. The van der Waals surface area contributed by atoms with Crippen LogP contribution in [0.4, 0.5) is 4.39 Å². The lowest BCUT2D eigenvalue weighted by atomic mass is 9.71. The van der Waals surface area contributed by atoms with Crippen molar-refractivity contribution in [2.45, 2.75) is 18.9 Å². The van der Waals surface area contributed by atoms with Gasteiger partial charge in [-0.15, -0.1) is 0 Å². The van der Waals surface area contributed by atoms with Crippen LogP contribution in [0.1, 0.15) is 22.3 Å². The summed E-state index contributed by atoms with van der Waals surface area (Å²) in [7, 11) is 0. The Labute approximate surface area is 161 Å². The number of benzene rings is 2. The van der Waals surface area contributed by atoms with Crippen molar-refractivity contribution < 1.29 is 24.2 Å². The Hall–Kier alpha value is -2.44. The summed E-state index contributed by atoms with van der Waals surface area (Å²) in [5.41, 5.74) is -0.443. The molecule has 0 aliphatic carbocycles. The van der Waals surface area contributed by atoms with E-state index in [-0.39, 0.29) is 36.5 Å². The van der Waals surface area contributed by atoms with E-state index >= 15 is 0 Å². The number of hydrogen-bond acceptors (Lipinski definition) is 3. The Morgan fingerprint density at radius 1 is 1.22 bits per heavy atom. The van der Waals surface area contributed by atoms with Crippen LogP contribution in [0.5, 0.6) is 0 Å². The summed E-state index contributed by atoms with van der Waals surface area (Å²) in [4.78, 5) is 26.0. The van der Waals surface area contributed by atoms with Gasteiger partial charge in [0.1, 0.15) is 11.2 Å². The van der Waals surface area contributed by atoms with E-state index < -0.39 is 29.2 Å². The minimum Gasteiger partial charge on any atom is -0.481 e. The van der Waals surface area contributed by atoms with Gasteiger partial charge in [0, 0.05) is 13.1 Å². The first-order chi connectivity index (χ1) is 12.8. The fraction of sp³-hybridized carbons (Fsp3) is 0.300. The van der Waals surface area contributed by atoms with Gasteiger partial charge < -0.3 is 15.1 Å². The number of nitrogens with zero attached hydrogens (tertiary/aromatic N) is 1. The molecule has 142 valence electrons. The standard InChI is InChI=1S/C20H19ClFNO4/c21-16-10-14(22)6-7-15(16)18(25)23-9-8-20(19(26)27,17(24)12-23)11-13-4-2-1-3-5-13/h1-7,10,17,24H,8-9,11-12H2,(H,26,27)/t17-,20-/m1/s1. The van der Waals surface area contributed by atoms with Gasteiger partial charge in [0.25, 0.3) is 5.91 Å². The van der Waals surface area contributed by atoms with Crippen molar-refractivity contribution in [2.24, 2.45) is 5.41 Å². The summed E-state index contributed by atoms with van der Waals surface area (Å²) in [6, 6.07) is 12.6. The number of halogens is 2. The second kappa shape index (κ2) is 7.66. The Balaban J connectivity index is 1.80. The zero-order valence-electron chi connectivity index (χ0n) is 14.4. The number of aliphatic carboxylic acids is 1. The molecule has 7 heteroatoms. The van der Waals surface area contributed by atoms with Gasteiger partial charge in [0.15, 0.2) is 0 Å². The summed E-state index contributed by atoms with van der Waals surface area (Å²) in [5, 5.41) is 20.5. The predicted molar refractivity (Wildman–Crippen MR) is 98.2 cm³/mol. The summed E-state index contributed by atoms with van der Waals surface area (Å²) >= 11 is 5.95. The average molecular weight is 392 g/mol. The van der Waals surface area contributed by atoms with Crippen molar-refractivity contribution in [3.63, 3.8) is 0 Å². The minimum atomic E-state index is -1.37. The molecule has 0 spiro atoms. The van der Waals surface area contributed by atoms with E-state index in [1.165, 1.54) is 11.0 Å². The third kappa shape index (κ3) is 3.82. The number of carboxylic acids is 1.